The van der Waals surface area contributed by atoms with E-state index < -0.39 is 0 Å². The topological polar surface area (TPSA) is 21.1 Å². The quantitative estimate of drug-likeness (QED) is 0.840. The molecule has 1 heterocycles. The molecule has 0 saturated carbocycles. The highest BCUT2D eigenvalue weighted by molar-refractivity contribution is 9.10. The zero-order chi connectivity index (χ0) is 13.8. The SMILES string of the molecule is CCN(Cc1ccccc1)Cc1c(Br)c(C)nn1C. The fourth-order valence-corrected chi connectivity index (χ4v) is 2.65. The summed E-state index contributed by atoms with van der Waals surface area (Å²) in [6.07, 6.45) is 0. The van der Waals surface area contributed by atoms with Crippen LogP contribution in [0.3, 0.4) is 0 Å². The van der Waals surface area contributed by atoms with E-state index in [1.807, 2.05) is 18.7 Å². The molecule has 0 aliphatic carbocycles. The van der Waals surface area contributed by atoms with Crippen molar-refractivity contribution >= 4 is 15.9 Å². The zero-order valence-electron chi connectivity index (χ0n) is 11.7. The number of hydrogen-bond acceptors (Lipinski definition) is 2. The molecule has 19 heavy (non-hydrogen) atoms. The van der Waals surface area contributed by atoms with E-state index in [-0.39, 0.29) is 0 Å². The van der Waals surface area contributed by atoms with Crippen molar-refractivity contribution < 1.29 is 0 Å². The Balaban J connectivity index is 2.11. The number of aromatic nitrogens is 2. The van der Waals surface area contributed by atoms with Gasteiger partial charge < -0.3 is 0 Å². The van der Waals surface area contributed by atoms with Gasteiger partial charge in [0, 0.05) is 20.1 Å². The van der Waals surface area contributed by atoms with Crippen molar-refractivity contribution in [2.24, 2.45) is 7.05 Å². The summed E-state index contributed by atoms with van der Waals surface area (Å²) in [5.74, 6) is 0. The van der Waals surface area contributed by atoms with Crippen molar-refractivity contribution in [3.05, 3.63) is 51.8 Å². The predicted octanol–water partition coefficient (Wildman–Crippen LogP) is 3.51. The summed E-state index contributed by atoms with van der Waals surface area (Å²) in [4.78, 5) is 2.41. The highest BCUT2D eigenvalue weighted by atomic mass is 79.9. The minimum absolute atomic E-state index is 0.906. The lowest BCUT2D eigenvalue weighted by molar-refractivity contribution is 0.263. The van der Waals surface area contributed by atoms with Crippen LogP contribution in [0.4, 0.5) is 0 Å². The van der Waals surface area contributed by atoms with E-state index in [9.17, 15) is 0 Å². The summed E-state index contributed by atoms with van der Waals surface area (Å²) in [7, 11) is 2.00. The van der Waals surface area contributed by atoms with E-state index >= 15 is 0 Å². The van der Waals surface area contributed by atoms with Gasteiger partial charge >= 0.3 is 0 Å². The molecular weight excluding hydrogens is 302 g/mol. The number of hydrogen-bond donors (Lipinski definition) is 0. The first-order valence-electron chi connectivity index (χ1n) is 6.56. The Bertz CT molecular complexity index is 534. The van der Waals surface area contributed by atoms with Crippen LogP contribution in [0, 0.1) is 6.92 Å². The minimum atomic E-state index is 0.906. The molecule has 1 aromatic carbocycles. The van der Waals surface area contributed by atoms with Crippen LogP contribution in [0.5, 0.6) is 0 Å². The lowest BCUT2D eigenvalue weighted by Crippen LogP contribution is -2.23. The maximum absolute atomic E-state index is 4.45. The molecule has 2 rings (SSSR count). The van der Waals surface area contributed by atoms with Gasteiger partial charge in [-0.05, 0) is 35.0 Å². The van der Waals surface area contributed by atoms with E-state index in [1.165, 1.54) is 11.3 Å². The molecule has 0 spiro atoms. The lowest BCUT2D eigenvalue weighted by Gasteiger charge is -2.20. The average Bonchev–Trinajstić information content (AvgIpc) is 2.65. The van der Waals surface area contributed by atoms with Crippen LogP contribution in [0.1, 0.15) is 23.9 Å². The fraction of sp³-hybridized carbons (Fsp3) is 0.400. The van der Waals surface area contributed by atoms with E-state index in [4.69, 9.17) is 0 Å². The Hall–Kier alpha value is -1.13. The van der Waals surface area contributed by atoms with Crippen LogP contribution < -0.4 is 0 Å². The molecule has 0 unspecified atom stereocenters. The molecule has 0 atom stereocenters. The van der Waals surface area contributed by atoms with Gasteiger partial charge in [-0.1, -0.05) is 37.3 Å². The maximum atomic E-state index is 4.45. The smallest absolute Gasteiger partial charge is 0.0739 e. The summed E-state index contributed by atoms with van der Waals surface area (Å²) < 4.78 is 3.09. The van der Waals surface area contributed by atoms with Crippen LogP contribution in [0.25, 0.3) is 0 Å². The van der Waals surface area contributed by atoms with Crippen LogP contribution in [-0.2, 0) is 20.1 Å². The molecule has 2 aromatic rings. The Kier molecular flexibility index (Phi) is 4.77. The molecule has 0 fully saturated rings. The van der Waals surface area contributed by atoms with Crippen molar-refractivity contribution in [2.45, 2.75) is 26.9 Å². The zero-order valence-corrected chi connectivity index (χ0v) is 13.3. The Morgan fingerprint density at radius 3 is 2.42 bits per heavy atom. The molecule has 0 radical (unpaired) electrons. The van der Waals surface area contributed by atoms with E-state index in [0.717, 1.165) is 29.8 Å². The third kappa shape index (κ3) is 3.45. The van der Waals surface area contributed by atoms with Gasteiger partial charge in [0.25, 0.3) is 0 Å². The normalized spacial score (nSPS) is 11.2. The van der Waals surface area contributed by atoms with Gasteiger partial charge in [-0.25, -0.2) is 0 Å². The van der Waals surface area contributed by atoms with Gasteiger partial charge in [0.2, 0.25) is 0 Å². The first kappa shape index (κ1) is 14.3. The largest absolute Gasteiger partial charge is 0.294 e. The van der Waals surface area contributed by atoms with Gasteiger partial charge in [-0.3, -0.25) is 9.58 Å². The molecule has 0 saturated heterocycles. The van der Waals surface area contributed by atoms with E-state index in [1.54, 1.807) is 0 Å². The Morgan fingerprint density at radius 1 is 1.21 bits per heavy atom. The molecule has 0 bridgehead atoms. The van der Waals surface area contributed by atoms with Gasteiger partial charge in [-0.2, -0.15) is 5.10 Å². The minimum Gasteiger partial charge on any atom is -0.294 e. The first-order valence-corrected chi connectivity index (χ1v) is 7.35. The molecule has 0 N–H and O–H groups in total. The molecule has 0 aliphatic heterocycles. The summed E-state index contributed by atoms with van der Waals surface area (Å²) >= 11 is 3.63. The van der Waals surface area contributed by atoms with E-state index in [0.29, 0.717) is 0 Å². The third-order valence-corrected chi connectivity index (χ3v) is 4.36. The number of halogens is 1. The molecule has 1 aromatic heterocycles. The average molecular weight is 322 g/mol. The standard InChI is InChI=1S/C15H20BrN3/c1-4-19(10-13-8-6-5-7-9-13)11-14-15(16)12(2)17-18(14)3/h5-9H,4,10-11H2,1-3H3. The molecule has 102 valence electrons. The first-order chi connectivity index (χ1) is 9.11. The monoisotopic (exact) mass is 321 g/mol. The van der Waals surface area contributed by atoms with Crippen molar-refractivity contribution in [2.75, 3.05) is 6.54 Å². The predicted molar refractivity (Wildman–Crippen MR) is 81.9 cm³/mol. The summed E-state index contributed by atoms with van der Waals surface area (Å²) in [5, 5.41) is 4.45. The van der Waals surface area contributed by atoms with Crippen molar-refractivity contribution in [3.63, 3.8) is 0 Å². The second-order valence-electron chi connectivity index (χ2n) is 4.76. The van der Waals surface area contributed by atoms with Crippen molar-refractivity contribution in [3.8, 4) is 0 Å². The maximum Gasteiger partial charge on any atom is 0.0739 e. The van der Waals surface area contributed by atoms with Gasteiger partial charge in [0.15, 0.2) is 0 Å². The molecule has 0 amide bonds. The number of rotatable bonds is 5. The number of nitrogens with zero attached hydrogens (tertiary/aromatic N) is 3. The molecular formula is C15H20BrN3. The summed E-state index contributed by atoms with van der Waals surface area (Å²) in [6, 6.07) is 10.6. The number of benzene rings is 1. The van der Waals surface area contributed by atoms with Crippen molar-refractivity contribution in [1.29, 1.82) is 0 Å². The summed E-state index contributed by atoms with van der Waals surface area (Å²) in [6.45, 7) is 7.12. The Morgan fingerprint density at radius 2 is 1.89 bits per heavy atom. The third-order valence-electron chi connectivity index (χ3n) is 3.33. The van der Waals surface area contributed by atoms with E-state index in [2.05, 4.69) is 63.2 Å². The van der Waals surface area contributed by atoms with Crippen LogP contribution >= 0.6 is 15.9 Å². The Labute approximate surface area is 123 Å². The van der Waals surface area contributed by atoms with Crippen LogP contribution in [0.2, 0.25) is 0 Å². The molecule has 3 nitrogen and oxygen atoms in total. The highest BCUT2D eigenvalue weighted by Crippen LogP contribution is 2.22. The van der Waals surface area contributed by atoms with Crippen molar-refractivity contribution in [1.82, 2.24) is 14.7 Å². The number of aryl methyl sites for hydroxylation is 2. The highest BCUT2D eigenvalue weighted by Gasteiger charge is 2.14. The second-order valence-corrected chi connectivity index (χ2v) is 5.55. The second kappa shape index (κ2) is 6.35. The molecule has 0 aliphatic rings. The van der Waals surface area contributed by atoms with Gasteiger partial charge in [0.1, 0.15) is 0 Å². The van der Waals surface area contributed by atoms with Gasteiger partial charge in [-0.15, -0.1) is 0 Å². The lowest BCUT2D eigenvalue weighted by atomic mass is 10.2. The fourth-order valence-electron chi connectivity index (χ4n) is 2.18. The summed E-state index contributed by atoms with van der Waals surface area (Å²) in [5.41, 5.74) is 3.63. The van der Waals surface area contributed by atoms with Gasteiger partial charge in [0.05, 0.1) is 15.9 Å². The van der Waals surface area contributed by atoms with Crippen LogP contribution in [0.15, 0.2) is 34.8 Å². The van der Waals surface area contributed by atoms with Crippen LogP contribution in [-0.4, -0.2) is 21.2 Å². The molecule has 4 heteroatoms.